The van der Waals surface area contributed by atoms with Gasteiger partial charge in [-0.25, -0.2) is 0 Å². The highest BCUT2D eigenvalue weighted by Crippen LogP contribution is 2.31. The van der Waals surface area contributed by atoms with Crippen LogP contribution in [0.1, 0.15) is 12.8 Å². The molecule has 0 spiro atoms. The van der Waals surface area contributed by atoms with E-state index in [9.17, 15) is 0 Å². The zero-order valence-corrected chi connectivity index (χ0v) is 5.70. The summed E-state index contributed by atoms with van der Waals surface area (Å²) in [7, 11) is 0. The molecule has 0 amide bonds. The maximum absolute atomic E-state index is 9.14. The van der Waals surface area contributed by atoms with Gasteiger partial charge in [0.05, 0.1) is 6.61 Å². The van der Waals surface area contributed by atoms with E-state index >= 15 is 0 Å². The second-order valence-electron chi connectivity index (χ2n) is 2.96. The normalized spacial score (nSPS) is 38.4. The molecule has 2 unspecified atom stereocenters. The lowest BCUT2D eigenvalue weighted by molar-refractivity contribution is -0.192. The van der Waals surface area contributed by atoms with Crippen molar-refractivity contribution in [1.82, 2.24) is 0 Å². The van der Waals surface area contributed by atoms with Gasteiger partial charge in [-0.05, 0) is 6.42 Å². The van der Waals surface area contributed by atoms with Crippen molar-refractivity contribution in [3.63, 3.8) is 0 Å². The summed E-state index contributed by atoms with van der Waals surface area (Å²) in [6.07, 6.45) is 0.654. The molecule has 5 N–H and O–H groups in total. The van der Waals surface area contributed by atoms with Crippen LogP contribution in [0.2, 0.25) is 0 Å². The van der Waals surface area contributed by atoms with Crippen LogP contribution in [0.25, 0.3) is 0 Å². The molecule has 0 heterocycles. The number of aliphatic hydroxyl groups excluding tert-OH is 1. The smallest absolute Gasteiger partial charge is 0.169 e. The maximum Gasteiger partial charge on any atom is 0.169 e. The number of rotatable bonds is 1. The molecule has 1 saturated carbocycles. The Hall–Kier alpha value is -0.160. The van der Waals surface area contributed by atoms with E-state index in [1.165, 1.54) is 0 Å². The zero-order chi connectivity index (χ0) is 7.78. The molecule has 0 radical (unpaired) electrons. The molecule has 10 heavy (non-hydrogen) atoms. The third kappa shape index (κ3) is 1.29. The van der Waals surface area contributed by atoms with Crippen molar-refractivity contribution in [1.29, 1.82) is 0 Å². The summed E-state index contributed by atoms with van der Waals surface area (Å²) >= 11 is 0. The van der Waals surface area contributed by atoms with Crippen molar-refractivity contribution < 1.29 is 15.3 Å². The Labute approximate surface area is 59.3 Å². The second-order valence-corrected chi connectivity index (χ2v) is 2.96. The Kier molecular flexibility index (Phi) is 1.96. The molecule has 4 nitrogen and oxygen atoms in total. The highest BCUT2D eigenvalue weighted by molar-refractivity contribution is 4.90. The third-order valence-corrected chi connectivity index (χ3v) is 2.02. The van der Waals surface area contributed by atoms with Gasteiger partial charge in [0, 0.05) is 18.4 Å². The molecule has 4 heteroatoms. The van der Waals surface area contributed by atoms with Gasteiger partial charge in [-0.2, -0.15) is 0 Å². The van der Waals surface area contributed by atoms with Crippen LogP contribution < -0.4 is 5.73 Å². The predicted octanol–water partition coefficient (Wildman–Crippen LogP) is -1.60. The Bertz CT molecular complexity index is 126. The number of hydrogen-bond acceptors (Lipinski definition) is 4. The van der Waals surface area contributed by atoms with Crippen LogP contribution in [-0.2, 0) is 0 Å². The van der Waals surface area contributed by atoms with Gasteiger partial charge >= 0.3 is 0 Å². The summed E-state index contributed by atoms with van der Waals surface area (Å²) in [6.45, 7) is -0.208. The lowest BCUT2D eigenvalue weighted by atomic mass is 10.0. The van der Waals surface area contributed by atoms with Crippen molar-refractivity contribution in [2.24, 2.45) is 11.7 Å². The summed E-state index contributed by atoms with van der Waals surface area (Å²) in [6, 6.07) is -0.188. The minimum absolute atomic E-state index is 0.165. The molecule has 1 aliphatic carbocycles. The summed E-state index contributed by atoms with van der Waals surface area (Å²) in [5.74, 6) is -2.21. The highest BCUT2D eigenvalue weighted by atomic mass is 16.5. The van der Waals surface area contributed by atoms with Gasteiger partial charge in [0.25, 0.3) is 0 Å². The first kappa shape index (κ1) is 7.94. The fourth-order valence-electron chi connectivity index (χ4n) is 1.41. The molecular formula is C6H13NO3. The van der Waals surface area contributed by atoms with Crippen molar-refractivity contribution in [2.45, 2.75) is 24.7 Å². The SMILES string of the molecule is NC1CC(CO)C(O)(O)C1. The predicted molar refractivity (Wildman–Crippen MR) is 35.0 cm³/mol. The van der Waals surface area contributed by atoms with E-state index < -0.39 is 11.7 Å². The average molecular weight is 147 g/mol. The molecule has 1 fully saturated rings. The Balaban J connectivity index is 2.58. The molecule has 0 aromatic carbocycles. The largest absolute Gasteiger partial charge is 0.396 e. The standard InChI is InChI=1S/C6H13NO3/c7-5-1-4(3-8)6(9,10)2-5/h4-5,8-10H,1-3,7H2. The third-order valence-electron chi connectivity index (χ3n) is 2.02. The molecule has 1 rings (SSSR count). The van der Waals surface area contributed by atoms with Gasteiger partial charge < -0.3 is 21.1 Å². The minimum Gasteiger partial charge on any atom is -0.396 e. The van der Waals surface area contributed by atoms with Crippen molar-refractivity contribution in [3.05, 3.63) is 0 Å². The van der Waals surface area contributed by atoms with E-state index in [1.807, 2.05) is 0 Å². The monoisotopic (exact) mass is 147 g/mol. The maximum atomic E-state index is 9.14. The van der Waals surface area contributed by atoms with E-state index in [4.69, 9.17) is 21.1 Å². The van der Waals surface area contributed by atoms with Crippen LogP contribution in [0.15, 0.2) is 0 Å². The van der Waals surface area contributed by atoms with E-state index in [0.29, 0.717) is 6.42 Å². The Morgan fingerprint density at radius 2 is 2.10 bits per heavy atom. The number of nitrogens with two attached hydrogens (primary N) is 1. The number of aliphatic hydroxyl groups is 3. The fraction of sp³-hybridized carbons (Fsp3) is 1.00. The Morgan fingerprint density at radius 3 is 2.30 bits per heavy atom. The molecule has 0 bridgehead atoms. The van der Waals surface area contributed by atoms with Crippen LogP contribution >= 0.6 is 0 Å². The van der Waals surface area contributed by atoms with Gasteiger partial charge in [-0.3, -0.25) is 0 Å². The molecule has 0 aliphatic heterocycles. The van der Waals surface area contributed by atoms with Gasteiger partial charge in [0.15, 0.2) is 5.79 Å². The van der Waals surface area contributed by atoms with E-state index in [0.717, 1.165) is 0 Å². The fourth-order valence-corrected chi connectivity index (χ4v) is 1.41. The van der Waals surface area contributed by atoms with Gasteiger partial charge in [0.2, 0.25) is 0 Å². The van der Waals surface area contributed by atoms with Gasteiger partial charge in [0.1, 0.15) is 0 Å². The van der Waals surface area contributed by atoms with Crippen molar-refractivity contribution in [2.75, 3.05) is 6.61 Å². The lowest BCUT2D eigenvalue weighted by Crippen LogP contribution is -2.35. The van der Waals surface area contributed by atoms with Crippen LogP contribution in [0.3, 0.4) is 0 Å². The van der Waals surface area contributed by atoms with Gasteiger partial charge in [-0.1, -0.05) is 0 Å². The van der Waals surface area contributed by atoms with E-state index in [1.54, 1.807) is 0 Å². The van der Waals surface area contributed by atoms with Crippen LogP contribution in [0.5, 0.6) is 0 Å². The first-order chi connectivity index (χ1) is 4.56. The molecule has 60 valence electrons. The Morgan fingerprint density at radius 1 is 1.50 bits per heavy atom. The lowest BCUT2D eigenvalue weighted by Gasteiger charge is -2.21. The zero-order valence-electron chi connectivity index (χ0n) is 5.70. The average Bonchev–Trinajstić information content (AvgIpc) is 2.04. The molecule has 1 aliphatic rings. The molecule has 2 atom stereocenters. The summed E-state index contributed by atoms with van der Waals surface area (Å²) in [5.41, 5.74) is 5.45. The van der Waals surface area contributed by atoms with Crippen molar-refractivity contribution in [3.8, 4) is 0 Å². The molecular weight excluding hydrogens is 134 g/mol. The number of hydrogen-bond donors (Lipinski definition) is 4. The first-order valence-electron chi connectivity index (χ1n) is 3.37. The summed E-state index contributed by atoms with van der Waals surface area (Å²) in [4.78, 5) is 0. The summed E-state index contributed by atoms with van der Waals surface area (Å²) in [5, 5.41) is 26.9. The van der Waals surface area contributed by atoms with Crippen LogP contribution in [0, 0.1) is 5.92 Å². The van der Waals surface area contributed by atoms with Gasteiger partial charge in [-0.15, -0.1) is 0 Å². The van der Waals surface area contributed by atoms with Crippen LogP contribution in [-0.4, -0.2) is 33.8 Å². The van der Waals surface area contributed by atoms with E-state index in [-0.39, 0.29) is 19.1 Å². The second kappa shape index (κ2) is 2.47. The quantitative estimate of drug-likeness (QED) is 0.336. The minimum atomic E-state index is -1.74. The van der Waals surface area contributed by atoms with E-state index in [2.05, 4.69) is 0 Å². The first-order valence-corrected chi connectivity index (χ1v) is 3.37. The van der Waals surface area contributed by atoms with Crippen LogP contribution in [0.4, 0.5) is 0 Å². The molecule has 0 aromatic rings. The summed E-state index contributed by atoms with van der Waals surface area (Å²) < 4.78 is 0. The highest BCUT2D eigenvalue weighted by Gasteiger charge is 2.42. The molecule has 0 saturated heterocycles. The topological polar surface area (TPSA) is 86.7 Å². The van der Waals surface area contributed by atoms with Crippen molar-refractivity contribution >= 4 is 0 Å². The molecule has 0 aromatic heterocycles.